The minimum atomic E-state index is 0.729. The third-order valence-corrected chi connectivity index (χ3v) is 3.14. The molecule has 17 heavy (non-hydrogen) atoms. The second-order valence-electron chi connectivity index (χ2n) is 3.52. The minimum Gasteiger partial charge on any atom is -0.179 e. The van der Waals surface area contributed by atoms with Crippen LogP contribution in [0.15, 0.2) is 42.5 Å². The zero-order valence-electron chi connectivity index (χ0n) is 8.85. The van der Waals surface area contributed by atoms with Gasteiger partial charge in [-0.2, -0.15) is 29.8 Å². The molecule has 0 heterocycles. The van der Waals surface area contributed by atoms with Gasteiger partial charge < -0.3 is 0 Å². The van der Waals surface area contributed by atoms with Gasteiger partial charge in [0.1, 0.15) is 0 Å². The molecule has 0 spiro atoms. The molecule has 0 atom stereocenters. The predicted octanol–water partition coefficient (Wildman–Crippen LogP) is 3.50. The van der Waals surface area contributed by atoms with E-state index >= 15 is 0 Å². The molecular weight excluding hydrogens is 323 g/mol. The summed E-state index contributed by atoms with van der Waals surface area (Å²) in [4.78, 5) is 10.5. The molecule has 3 heteroatoms. The fourth-order valence-electron chi connectivity index (χ4n) is 2.00. The van der Waals surface area contributed by atoms with Crippen molar-refractivity contribution in [2.24, 2.45) is 0 Å². The summed E-state index contributed by atoms with van der Waals surface area (Å²) in [5, 5.41) is 0. The standard InChI is InChI=1S/C13H9.CO.BrH.Ni/c1-3-7-12-10(5-1)9-11-6-2-4-8-13(11)12;1-2;;/h1-5,7-8H,9H2;;1H;/q-1;;;+1/p-1. The topological polar surface area (TPSA) is 17.1 Å². The molecule has 0 unspecified atom stereocenters. The van der Waals surface area contributed by atoms with E-state index in [9.17, 15) is 0 Å². The smallest absolute Gasteiger partial charge is 0.0253 e. The van der Waals surface area contributed by atoms with Gasteiger partial charge in [-0.05, 0) is 6.42 Å². The van der Waals surface area contributed by atoms with Gasteiger partial charge in [0.15, 0.2) is 0 Å². The van der Waals surface area contributed by atoms with E-state index in [-0.39, 0.29) is 0 Å². The minimum absolute atomic E-state index is 0.729. The van der Waals surface area contributed by atoms with Crippen LogP contribution in [0.4, 0.5) is 0 Å². The molecule has 1 aliphatic rings. The average Bonchev–Trinajstić information content (AvgIpc) is 2.77. The van der Waals surface area contributed by atoms with Crippen LogP contribution in [0.1, 0.15) is 11.1 Å². The van der Waals surface area contributed by atoms with Crippen molar-refractivity contribution in [3.8, 4) is 11.1 Å². The van der Waals surface area contributed by atoms with E-state index in [1.165, 1.54) is 27.1 Å². The van der Waals surface area contributed by atoms with Crippen molar-refractivity contribution in [1.82, 2.24) is 0 Å². The van der Waals surface area contributed by atoms with Crippen molar-refractivity contribution in [3.63, 3.8) is 0 Å². The molecule has 0 bridgehead atoms. The maximum absolute atomic E-state index is 8.97. The Morgan fingerprint density at radius 1 is 1.18 bits per heavy atom. The van der Waals surface area contributed by atoms with Crippen molar-refractivity contribution in [2.75, 3.05) is 0 Å². The van der Waals surface area contributed by atoms with Crippen LogP contribution < -0.4 is 0 Å². The van der Waals surface area contributed by atoms with Crippen LogP contribution in [0.3, 0.4) is 0 Å². The molecule has 89 valence electrons. The summed E-state index contributed by atoms with van der Waals surface area (Å²) < 4.78 is 0. The van der Waals surface area contributed by atoms with Gasteiger partial charge in [-0.3, -0.25) is 0 Å². The Bertz CT molecular complexity index is 530. The molecule has 3 rings (SSSR count). The van der Waals surface area contributed by atoms with Crippen molar-refractivity contribution >= 4 is 19.1 Å². The van der Waals surface area contributed by atoms with Gasteiger partial charge in [0.2, 0.25) is 0 Å². The largest absolute Gasteiger partial charge is 0.179 e. The van der Waals surface area contributed by atoms with Gasteiger partial charge >= 0.3 is 36.1 Å². The van der Waals surface area contributed by atoms with Crippen LogP contribution in [0.25, 0.3) is 11.1 Å². The predicted molar refractivity (Wildman–Crippen MR) is 68.1 cm³/mol. The van der Waals surface area contributed by atoms with E-state index < -0.39 is 0 Å². The van der Waals surface area contributed by atoms with E-state index in [1.807, 2.05) is 6.07 Å². The van der Waals surface area contributed by atoms with E-state index in [2.05, 4.69) is 56.7 Å². The van der Waals surface area contributed by atoms with Gasteiger partial charge in [0, 0.05) is 0 Å². The van der Waals surface area contributed by atoms with Crippen LogP contribution in [0, 0.1) is 6.07 Å². The summed E-state index contributed by atoms with van der Waals surface area (Å²) >= 11 is 3.49. The fourth-order valence-corrected chi connectivity index (χ4v) is 2.00. The molecule has 2 aromatic carbocycles. The molecule has 0 saturated heterocycles. The number of benzene rings is 2. The molecule has 0 amide bonds. The zero-order chi connectivity index (χ0) is 12.1. The van der Waals surface area contributed by atoms with Crippen LogP contribution in [-0.2, 0) is 23.5 Å². The Morgan fingerprint density at radius 2 is 1.88 bits per heavy atom. The Labute approximate surface area is 113 Å². The van der Waals surface area contributed by atoms with E-state index in [0.717, 1.165) is 18.7 Å². The van der Waals surface area contributed by atoms with Gasteiger partial charge in [-0.15, -0.1) is 5.56 Å². The SMILES string of the molecule is O=[C]=[Ni][Br].[c-]1cccc2c1Cc1ccccc1-2. The maximum atomic E-state index is 8.97. The first-order valence-electron chi connectivity index (χ1n) is 5.01. The van der Waals surface area contributed by atoms with Crippen LogP contribution in [-0.4, -0.2) is 4.86 Å². The Morgan fingerprint density at radius 3 is 2.65 bits per heavy atom. The first-order valence-corrected chi connectivity index (χ1v) is 7.95. The maximum Gasteiger partial charge on any atom is -0.0253 e. The molecule has 1 nitrogen and oxygen atoms in total. The fraction of sp³-hybridized carbons (Fsp3) is 0.0714. The summed E-state index contributed by atoms with van der Waals surface area (Å²) in [5.74, 6) is 0. The summed E-state index contributed by atoms with van der Waals surface area (Å²) in [6.07, 6.45) is 1.05. The van der Waals surface area contributed by atoms with Gasteiger partial charge in [0.05, 0.1) is 0 Å². The monoisotopic (exact) mass is 330 g/mol. The van der Waals surface area contributed by atoms with E-state index in [4.69, 9.17) is 4.79 Å². The van der Waals surface area contributed by atoms with Crippen molar-refractivity contribution in [1.29, 1.82) is 0 Å². The third kappa shape index (κ3) is 2.81. The van der Waals surface area contributed by atoms with Gasteiger partial charge in [-0.25, -0.2) is 0 Å². The van der Waals surface area contributed by atoms with Crippen molar-refractivity contribution in [2.45, 2.75) is 6.42 Å². The molecule has 0 aliphatic heterocycles. The normalized spacial score (nSPS) is 10.9. The summed E-state index contributed by atoms with van der Waals surface area (Å²) in [6, 6.07) is 18.1. The molecule has 1 aliphatic carbocycles. The number of rotatable bonds is 0. The first-order chi connectivity index (χ1) is 8.36. The van der Waals surface area contributed by atoms with Crippen molar-refractivity contribution in [3.05, 3.63) is 59.7 Å². The zero-order valence-corrected chi connectivity index (χ0v) is 11.4. The second-order valence-corrected chi connectivity index (χ2v) is 4.94. The number of halogens is 1. The van der Waals surface area contributed by atoms with E-state index in [1.54, 1.807) is 0 Å². The Balaban J connectivity index is 0.000000239. The molecular formula is C14H9BrNiO-. The average molecular weight is 332 g/mol. The van der Waals surface area contributed by atoms with Gasteiger partial charge in [0.25, 0.3) is 0 Å². The molecule has 2 aromatic rings. The second kappa shape index (κ2) is 6.07. The molecule has 0 aromatic heterocycles. The summed E-state index contributed by atoms with van der Waals surface area (Å²) in [7, 11) is 0. The van der Waals surface area contributed by atoms with Crippen molar-refractivity contribution < 1.29 is 17.0 Å². The summed E-state index contributed by atoms with van der Waals surface area (Å²) in [6.45, 7) is 0. The summed E-state index contributed by atoms with van der Waals surface area (Å²) in [5.41, 5.74) is 5.51. The molecule has 0 N–H and O–H groups in total. The molecule has 0 saturated carbocycles. The number of hydrogen-bond donors (Lipinski definition) is 0. The molecule has 0 radical (unpaired) electrons. The Kier molecular flexibility index (Phi) is 4.45. The Hall–Kier alpha value is -1.01. The molecule has 0 fully saturated rings. The number of hydrogen-bond acceptors (Lipinski definition) is 1. The number of fused-ring (bicyclic) bond motifs is 3. The van der Waals surface area contributed by atoms with Crippen LogP contribution >= 0.6 is 14.2 Å². The number of carbonyl (C=O) groups excluding carboxylic acids is 1. The van der Waals surface area contributed by atoms with Crippen LogP contribution in [0.2, 0.25) is 0 Å². The first kappa shape index (κ1) is 12.5. The quantitative estimate of drug-likeness (QED) is 0.455. The third-order valence-electron chi connectivity index (χ3n) is 2.64. The van der Waals surface area contributed by atoms with Gasteiger partial charge in [-0.1, -0.05) is 35.4 Å². The van der Waals surface area contributed by atoms with E-state index in [0.29, 0.717) is 0 Å². The van der Waals surface area contributed by atoms with Crippen LogP contribution in [0.5, 0.6) is 0 Å².